The molecular formula is C13H22N4O2. The summed E-state index contributed by atoms with van der Waals surface area (Å²) in [6.45, 7) is 5.87. The van der Waals surface area contributed by atoms with Crippen molar-refractivity contribution in [2.75, 3.05) is 38.2 Å². The van der Waals surface area contributed by atoms with Gasteiger partial charge < -0.3 is 15.0 Å². The van der Waals surface area contributed by atoms with E-state index in [1.807, 2.05) is 11.9 Å². The van der Waals surface area contributed by atoms with E-state index in [9.17, 15) is 4.79 Å². The summed E-state index contributed by atoms with van der Waals surface area (Å²) < 4.78 is 7.05. The van der Waals surface area contributed by atoms with Gasteiger partial charge in [-0.2, -0.15) is 5.10 Å². The Labute approximate surface area is 113 Å². The molecule has 0 amide bonds. The first-order valence-electron chi connectivity index (χ1n) is 6.81. The van der Waals surface area contributed by atoms with Gasteiger partial charge in [-0.25, -0.2) is 4.68 Å². The van der Waals surface area contributed by atoms with Crippen LogP contribution in [-0.4, -0.2) is 49.2 Å². The Kier molecular flexibility index (Phi) is 4.93. The largest absolute Gasteiger partial charge is 0.374 e. The number of rotatable bonds is 5. The van der Waals surface area contributed by atoms with E-state index in [4.69, 9.17) is 4.74 Å². The molecule has 0 spiro atoms. The quantitative estimate of drug-likeness (QED) is 0.818. The van der Waals surface area contributed by atoms with Crippen molar-refractivity contribution < 1.29 is 4.74 Å². The van der Waals surface area contributed by atoms with E-state index in [-0.39, 0.29) is 11.7 Å². The van der Waals surface area contributed by atoms with Crippen molar-refractivity contribution in [1.82, 2.24) is 15.1 Å². The zero-order valence-electron chi connectivity index (χ0n) is 11.6. The predicted molar refractivity (Wildman–Crippen MR) is 74.7 cm³/mol. The zero-order chi connectivity index (χ0) is 13.7. The lowest BCUT2D eigenvalue weighted by Gasteiger charge is -2.24. The minimum absolute atomic E-state index is 0.0261. The molecule has 1 fully saturated rings. The van der Waals surface area contributed by atoms with E-state index in [1.54, 1.807) is 12.3 Å². The van der Waals surface area contributed by atoms with Gasteiger partial charge in [0.2, 0.25) is 0 Å². The molecule has 2 rings (SSSR count). The van der Waals surface area contributed by atoms with E-state index in [0.717, 1.165) is 31.7 Å². The molecule has 2 heterocycles. The van der Waals surface area contributed by atoms with Crippen molar-refractivity contribution >= 4 is 5.69 Å². The SMILES string of the molecule is CCCN(C)c1cnn(CC2CNCCO2)c(=O)c1. The van der Waals surface area contributed by atoms with E-state index >= 15 is 0 Å². The number of morpholine rings is 1. The molecule has 1 unspecified atom stereocenters. The number of ether oxygens (including phenoxy) is 1. The average molecular weight is 266 g/mol. The molecule has 6 heteroatoms. The van der Waals surface area contributed by atoms with Crippen LogP contribution in [0.25, 0.3) is 0 Å². The zero-order valence-corrected chi connectivity index (χ0v) is 11.6. The van der Waals surface area contributed by atoms with E-state index < -0.39 is 0 Å². The fraction of sp³-hybridized carbons (Fsp3) is 0.692. The van der Waals surface area contributed by atoms with E-state index in [0.29, 0.717) is 13.2 Å². The standard InChI is InChI=1S/C13H22N4O2/c1-3-5-16(2)11-7-13(18)17(15-8-11)10-12-9-14-4-6-19-12/h7-8,12,14H,3-6,9-10H2,1-2H3. The highest BCUT2D eigenvalue weighted by Crippen LogP contribution is 2.07. The number of nitrogens with zero attached hydrogens (tertiary/aromatic N) is 3. The van der Waals surface area contributed by atoms with Gasteiger partial charge in [0, 0.05) is 32.7 Å². The fourth-order valence-electron chi connectivity index (χ4n) is 2.16. The lowest BCUT2D eigenvalue weighted by atomic mass is 10.3. The van der Waals surface area contributed by atoms with E-state index in [2.05, 4.69) is 17.3 Å². The highest BCUT2D eigenvalue weighted by Gasteiger charge is 2.15. The number of nitrogens with one attached hydrogen (secondary N) is 1. The summed E-state index contributed by atoms with van der Waals surface area (Å²) in [5.74, 6) is 0. The van der Waals surface area contributed by atoms with Gasteiger partial charge in [-0.05, 0) is 6.42 Å². The Morgan fingerprint density at radius 1 is 1.63 bits per heavy atom. The molecule has 0 radical (unpaired) electrons. The predicted octanol–water partition coefficient (Wildman–Crippen LogP) is 0.0779. The third kappa shape index (κ3) is 3.78. The van der Waals surface area contributed by atoms with Crippen LogP contribution in [0.15, 0.2) is 17.1 Å². The molecule has 1 aliphatic rings. The van der Waals surface area contributed by atoms with Gasteiger partial charge >= 0.3 is 0 Å². The third-order valence-electron chi connectivity index (χ3n) is 3.24. The monoisotopic (exact) mass is 266 g/mol. The van der Waals surface area contributed by atoms with Crippen LogP contribution in [-0.2, 0) is 11.3 Å². The number of hydrogen-bond acceptors (Lipinski definition) is 5. The van der Waals surface area contributed by atoms with Crippen molar-refractivity contribution in [2.24, 2.45) is 0 Å². The molecule has 1 aromatic rings. The molecule has 0 saturated carbocycles. The van der Waals surface area contributed by atoms with Crippen molar-refractivity contribution in [3.8, 4) is 0 Å². The van der Waals surface area contributed by atoms with Crippen LogP contribution >= 0.6 is 0 Å². The summed E-state index contributed by atoms with van der Waals surface area (Å²) in [6, 6.07) is 1.64. The summed E-state index contributed by atoms with van der Waals surface area (Å²) >= 11 is 0. The first kappa shape index (κ1) is 14.0. The van der Waals surface area contributed by atoms with Crippen molar-refractivity contribution in [1.29, 1.82) is 0 Å². The van der Waals surface area contributed by atoms with Crippen LogP contribution in [0.3, 0.4) is 0 Å². The summed E-state index contributed by atoms with van der Waals surface area (Å²) in [4.78, 5) is 14.1. The Hall–Kier alpha value is -1.40. The lowest BCUT2D eigenvalue weighted by molar-refractivity contribution is 0.0153. The number of aromatic nitrogens is 2. The fourth-order valence-corrected chi connectivity index (χ4v) is 2.16. The Morgan fingerprint density at radius 3 is 3.11 bits per heavy atom. The van der Waals surface area contributed by atoms with Crippen LogP contribution in [0.5, 0.6) is 0 Å². The first-order valence-corrected chi connectivity index (χ1v) is 6.81. The Bertz CT molecular complexity index is 454. The molecular weight excluding hydrogens is 244 g/mol. The average Bonchev–Trinajstić information content (AvgIpc) is 2.42. The topological polar surface area (TPSA) is 59.4 Å². The minimum atomic E-state index is -0.0744. The maximum Gasteiger partial charge on any atom is 0.268 e. The first-order chi connectivity index (χ1) is 9.20. The summed E-state index contributed by atoms with van der Waals surface area (Å²) in [7, 11) is 1.97. The minimum Gasteiger partial charge on any atom is -0.374 e. The third-order valence-corrected chi connectivity index (χ3v) is 3.24. The lowest BCUT2D eigenvalue weighted by Crippen LogP contribution is -2.42. The van der Waals surface area contributed by atoms with Gasteiger partial charge in [0.15, 0.2) is 0 Å². The molecule has 1 aromatic heterocycles. The molecule has 1 saturated heterocycles. The summed E-state index contributed by atoms with van der Waals surface area (Å²) in [5.41, 5.74) is 0.792. The maximum atomic E-state index is 12.0. The molecule has 6 nitrogen and oxygen atoms in total. The molecule has 0 bridgehead atoms. The molecule has 1 N–H and O–H groups in total. The van der Waals surface area contributed by atoms with Gasteiger partial charge in [-0.1, -0.05) is 6.92 Å². The molecule has 0 aliphatic carbocycles. The Balaban J connectivity index is 2.04. The second-order valence-corrected chi connectivity index (χ2v) is 4.85. The van der Waals surface area contributed by atoms with Crippen LogP contribution in [0.4, 0.5) is 5.69 Å². The highest BCUT2D eigenvalue weighted by molar-refractivity contribution is 5.41. The van der Waals surface area contributed by atoms with Gasteiger partial charge in [0.1, 0.15) is 0 Å². The van der Waals surface area contributed by atoms with Gasteiger partial charge in [0.05, 0.1) is 31.1 Å². The van der Waals surface area contributed by atoms with Gasteiger partial charge in [0.25, 0.3) is 5.56 Å². The molecule has 0 aromatic carbocycles. The van der Waals surface area contributed by atoms with Crippen LogP contribution < -0.4 is 15.8 Å². The number of hydrogen-bond donors (Lipinski definition) is 1. The van der Waals surface area contributed by atoms with Crippen molar-refractivity contribution in [3.63, 3.8) is 0 Å². The maximum absolute atomic E-state index is 12.0. The summed E-state index contributed by atoms with van der Waals surface area (Å²) in [5, 5.41) is 7.47. The van der Waals surface area contributed by atoms with Gasteiger partial charge in [-0.15, -0.1) is 0 Å². The Morgan fingerprint density at radius 2 is 2.47 bits per heavy atom. The van der Waals surface area contributed by atoms with Crippen molar-refractivity contribution in [2.45, 2.75) is 26.0 Å². The smallest absolute Gasteiger partial charge is 0.268 e. The van der Waals surface area contributed by atoms with Gasteiger partial charge in [-0.3, -0.25) is 4.79 Å². The normalized spacial score (nSPS) is 19.4. The number of anilines is 1. The van der Waals surface area contributed by atoms with Crippen LogP contribution in [0, 0.1) is 0 Å². The second kappa shape index (κ2) is 6.68. The van der Waals surface area contributed by atoms with E-state index in [1.165, 1.54) is 4.68 Å². The van der Waals surface area contributed by atoms with Crippen LogP contribution in [0.1, 0.15) is 13.3 Å². The second-order valence-electron chi connectivity index (χ2n) is 4.85. The summed E-state index contributed by atoms with van der Waals surface area (Å²) in [6.07, 6.45) is 2.81. The van der Waals surface area contributed by atoms with Crippen LogP contribution in [0.2, 0.25) is 0 Å². The molecule has 1 atom stereocenters. The molecule has 1 aliphatic heterocycles. The highest BCUT2D eigenvalue weighted by atomic mass is 16.5. The molecule has 19 heavy (non-hydrogen) atoms. The molecule has 106 valence electrons. The van der Waals surface area contributed by atoms with Crippen molar-refractivity contribution in [3.05, 3.63) is 22.6 Å².